The van der Waals surface area contributed by atoms with E-state index in [9.17, 15) is 4.39 Å². The molecule has 0 spiro atoms. The third kappa shape index (κ3) is 3.34. The van der Waals surface area contributed by atoms with Crippen LogP contribution in [-0.4, -0.2) is 0 Å². The van der Waals surface area contributed by atoms with Crippen LogP contribution in [0.25, 0.3) is 5.57 Å². The van der Waals surface area contributed by atoms with Gasteiger partial charge in [0.1, 0.15) is 18.2 Å². The van der Waals surface area contributed by atoms with Crippen LogP contribution in [0.4, 0.5) is 4.39 Å². The molecule has 0 aromatic heterocycles. The van der Waals surface area contributed by atoms with Gasteiger partial charge in [-0.05, 0) is 53.3 Å². The van der Waals surface area contributed by atoms with Crippen molar-refractivity contribution in [2.75, 3.05) is 0 Å². The second kappa shape index (κ2) is 6.94. The fourth-order valence-electron chi connectivity index (χ4n) is 3.29. The molecule has 2 heteroatoms. The van der Waals surface area contributed by atoms with Crippen LogP contribution in [0.3, 0.4) is 0 Å². The van der Waals surface area contributed by atoms with Crippen molar-refractivity contribution in [2.24, 2.45) is 0 Å². The highest BCUT2D eigenvalue weighted by molar-refractivity contribution is 5.83. The Kier molecular flexibility index (Phi) is 4.34. The van der Waals surface area contributed by atoms with Gasteiger partial charge in [0.2, 0.25) is 0 Å². The van der Waals surface area contributed by atoms with Crippen molar-refractivity contribution in [3.8, 4) is 5.75 Å². The summed E-state index contributed by atoms with van der Waals surface area (Å²) < 4.78 is 20.1. The van der Waals surface area contributed by atoms with E-state index in [4.69, 9.17) is 4.74 Å². The first-order valence-corrected chi connectivity index (χ1v) is 8.56. The lowest BCUT2D eigenvalue weighted by atomic mass is 9.86. The summed E-state index contributed by atoms with van der Waals surface area (Å²) in [4.78, 5) is 0. The van der Waals surface area contributed by atoms with Crippen molar-refractivity contribution in [1.82, 2.24) is 0 Å². The number of halogens is 1. The molecule has 0 unspecified atom stereocenters. The minimum absolute atomic E-state index is 0.175. The van der Waals surface area contributed by atoms with Gasteiger partial charge in [0, 0.05) is 5.56 Å². The Hall–Kier alpha value is -2.87. The van der Waals surface area contributed by atoms with E-state index in [0.29, 0.717) is 12.2 Å². The molecule has 0 radical (unpaired) electrons. The molecule has 124 valence electrons. The lowest BCUT2D eigenvalue weighted by Gasteiger charge is -2.20. The predicted octanol–water partition coefficient (Wildman–Crippen LogP) is 5.78. The molecule has 0 bridgehead atoms. The molecule has 0 saturated carbocycles. The summed E-state index contributed by atoms with van der Waals surface area (Å²) >= 11 is 0. The zero-order valence-electron chi connectivity index (χ0n) is 13.9. The van der Waals surface area contributed by atoms with Crippen LogP contribution in [-0.2, 0) is 13.0 Å². The lowest BCUT2D eigenvalue weighted by Crippen LogP contribution is -2.04. The summed E-state index contributed by atoms with van der Waals surface area (Å²) in [6.07, 6.45) is 4.00. The minimum atomic E-state index is -0.175. The summed E-state index contributed by atoms with van der Waals surface area (Å²) in [6.45, 7) is 0.551. The number of rotatable bonds is 4. The van der Waals surface area contributed by atoms with E-state index in [1.165, 1.54) is 11.6 Å². The number of ether oxygens (including phenoxy) is 1. The average molecular weight is 330 g/mol. The molecule has 4 rings (SSSR count). The Morgan fingerprint density at radius 1 is 0.840 bits per heavy atom. The normalized spacial score (nSPS) is 13.1. The molecule has 3 aromatic carbocycles. The largest absolute Gasteiger partial charge is 0.489 e. The van der Waals surface area contributed by atoms with E-state index < -0.39 is 0 Å². The van der Waals surface area contributed by atoms with Gasteiger partial charge in [0.25, 0.3) is 0 Å². The Morgan fingerprint density at radius 3 is 2.48 bits per heavy atom. The van der Waals surface area contributed by atoms with Crippen molar-refractivity contribution in [2.45, 2.75) is 19.4 Å². The molecule has 0 fully saturated rings. The zero-order chi connectivity index (χ0) is 17.1. The van der Waals surface area contributed by atoms with Crippen molar-refractivity contribution < 1.29 is 9.13 Å². The molecular weight excluding hydrogens is 311 g/mol. The second-order valence-electron chi connectivity index (χ2n) is 6.23. The number of hydrogen-bond acceptors (Lipinski definition) is 1. The maximum atomic E-state index is 14.2. The Morgan fingerprint density at radius 2 is 1.64 bits per heavy atom. The summed E-state index contributed by atoms with van der Waals surface area (Å²) in [5, 5.41) is 0. The molecule has 25 heavy (non-hydrogen) atoms. The van der Waals surface area contributed by atoms with Crippen LogP contribution in [0.1, 0.15) is 28.7 Å². The molecular formula is C23H19FO. The van der Waals surface area contributed by atoms with Crippen molar-refractivity contribution in [3.05, 3.63) is 107 Å². The standard InChI is InChI=1S/C23H19FO/c24-23-12-5-4-10-22(23)21-11-6-9-18-15-19(13-14-20(18)21)25-16-17-7-2-1-3-8-17/h1-5,7-8,10-15H,6,9,16H2. The SMILES string of the molecule is Fc1ccccc1C1=CCCc2cc(OCc3ccccc3)ccc21. The third-order valence-corrected chi connectivity index (χ3v) is 4.54. The zero-order valence-corrected chi connectivity index (χ0v) is 13.9. The second-order valence-corrected chi connectivity index (χ2v) is 6.23. The van der Waals surface area contributed by atoms with Gasteiger partial charge in [0.05, 0.1) is 0 Å². The van der Waals surface area contributed by atoms with Gasteiger partial charge in [-0.3, -0.25) is 0 Å². The Bertz CT molecular complexity index is 912. The van der Waals surface area contributed by atoms with Crippen molar-refractivity contribution >= 4 is 5.57 Å². The van der Waals surface area contributed by atoms with Gasteiger partial charge in [-0.25, -0.2) is 4.39 Å². The van der Waals surface area contributed by atoms with E-state index in [-0.39, 0.29) is 5.82 Å². The first-order valence-electron chi connectivity index (χ1n) is 8.56. The van der Waals surface area contributed by atoms with E-state index >= 15 is 0 Å². The third-order valence-electron chi connectivity index (χ3n) is 4.54. The summed E-state index contributed by atoms with van der Waals surface area (Å²) in [5.74, 6) is 0.684. The van der Waals surface area contributed by atoms with E-state index in [0.717, 1.165) is 35.3 Å². The summed E-state index contributed by atoms with van der Waals surface area (Å²) in [7, 11) is 0. The highest BCUT2D eigenvalue weighted by Gasteiger charge is 2.17. The predicted molar refractivity (Wildman–Crippen MR) is 99.0 cm³/mol. The number of allylic oxidation sites excluding steroid dienone is 1. The lowest BCUT2D eigenvalue weighted by molar-refractivity contribution is 0.306. The maximum Gasteiger partial charge on any atom is 0.131 e. The molecule has 0 N–H and O–H groups in total. The molecule has 0 heterocycles. The monoisotopic (exact) mass is 330 g/mol. The van der Waals surface area contributed by atoms with Gasteiger partial charge in [-0.15, -0.1) is 0 Å². The number of benzene rings is 3. The summed E-state index contributed by atoms with van der Waals surface area (Å²) in [6, 6.07) is 23.2. The molecule has 1 nitrogen and oxygen atoms in total. The van der Waals surface area contributed by atoms with Crippen LogP contribution in [0, 0.1) is 5.82 Å². The highest BCUT2D eigenvalue weighted by atomic mass is 19.1. The molecule has 0 aliphatic heterocycles. The molecule has 0 amide bonds. The first-order chi connectivity index (χ1) is 12.3. The number of aryl methyl sites for hydroxylation is 1. The highest BCUT2D eigenvalue weighted by Crippen LogP contribution is 2.34. The van der Waals surface area contributed by atoms with Crippen LogP contribution >= 0.6 is 0 Å². The van der Waals surface area contributed by atoms with Crippen LogP contribution < -0.4 is 4.74 Å². The Balaban J connectivity index is 1.59. The van der Waals surface area contributed by atoms with Gasteiger partial charge >= 0.3 is 0 Å². The van der Waals surface area contributed by atoms with E-state index in [1.807, 2.05) is 42.5 Å². The molecule has 0 saturated heterocycles. The topological polar surface area (TPSA) is 9.23 Å². The van der Waals surface area contributed by atoms with Gasteiger partial charge in [0.15, 0.2) is 0 Å². The number of fused-ring (bicyclic) bond motifs is 1. The van der Waals surface area contributed by atoms with Crippen LogP contribution in [0.15, 0.2) is 78.9 Å². The van der Waals surface area contributed by atoms with Gasteiger partial charge in [-0.2, -0.15) is 0 Å². The first kappa shape index (κ1) is 15.6. The molecule has 0 atom stereocenters. The van der Waals surface area contributed by atoms with E-state index in [2.05, 4.69) is 24.3 Å². The molecule has 1 aliphatic rings. The maximum absolute atomic E-state index is 14.2. The number of hydrogen-bond donors (Lipinski definition) is 0. The smallest absolute Gasteiger partial charge is 0.131 e. The van der Waals surface area contributed by atoms with Gasteiger partial charge < -0.3 is 4.74 Å². The molecule has 1 aliphatic carbocycles. The Labute approximate surface area is 147 Å². The van der Waals surface area contributed by atoms with Crippen molar-refractivity contribution in [1.29, 1.82) is 0 Å². The fraction of sp³-hybridized carbons (Fsp3) is 0.130. The molecule has 3 aromatic rings. The van der Waals surface area contributed by atoms with Gasteiger partial charge in [-0.1, -0.05) is 60.7 Å². The quantitative estimate of drug-likeness (QED) is 0.589. The van der Waals surface area contributed by atoms with Crippen LogP contribution in [0.2, 0.25) is 0 Å². The fourth-order valence-corrected chi connectivity index (χ4v) is 3.29. The average Bonchev–Trinajstić information content (AvgIpc) is 2.67. The summed E-state index contributed by atoms with van der Waals surface area (Å²) in [5.41, 5.74) is 5.11. The van der Waals surface area contributed by atoms with Crippen molar-refractivity contribution in [3.63, 3.8) is 0 Å². The minimum Gasteiger partial charge on any atom is -0.489 e. The van der Waals surface area contributed by atoms with E-state index in [1.54, 1.807) is 6.07 Å². The van der Waals surface area contributed by atoms with Crippen LogP contribution in [0.5, 0.6) is 5.75 Å².